The van der Waals surface area contributed by atoms with E-state index in [1.54, 1.807) is 17.0 Å². The van der Waals surface area contributed by atoms with Crippen molar-refractivity contribution >= 4 is 39.8 Å². The summed E-state index contributed by atoms with van der Waals surface area (Å²) in [5.74, 6) is 0.0633. The lowest BCUT2D eigenvalue weighted by Crippen LogP contribution is -2.48. The van der Waals surface area contributed by atoms with Crippen LogP contribution < -0.4 is 10.2 Å². The van der Waals surface area contributed by atoms with E-state index in [4.69, 9.17) is 0 Å². The first-order valence-corrected chi connectivity index (χ1v) is 13.4. The predicted molar refractivity (Wildman–Crippen MR) is 130 cm³/mol. The van der Waals surface area contributed by atoms with Crippen molar-refractivity contribution in [3.8, 4) is 0 Å². The average molecular weight is 569 g/mol. The first-order chi connectivity index (χ1) is 17.5. The number of hydrogen-bond acceptors (Lipinski definition) is 8. The monoisotopic (exact) mass is 568 g/mol. The Hall–Kier alpha value is -2.26. The smallest absolute Gasteiger partial charge is 0.382 e. The van der Waals surface area contributed by atoms with Gasteiger partial charge in [-0.1, -0.05) is 11.3 Å². The second kappa shape index (κ2) is 11.6. The molecule has 0 atom stereocenters. The minimum atomic E-state index is -4.49. The number of rotatable bonds is 7. The standard InChI is InChI=1S/C22H26F6N6OS2/c23-21(24,25)19-30-31-20(36-19)34-13-11-32(12-14-34)8-7-18(35)33-9-5-16(6-10-33)29-15-1-3-17(4-2-15)37-22(26,27)28/h1-4,16,29H,5-14H2. The van der Waals surface area contributed by atoms with E-state index >= 15 is 0 Å². The van der Waals surface area contributed by atoms with Crippen molar-refractivity contribution in [1.29, 1.82) is 0 Å². The van der Waals surface area contributed by atoms with Crippen molar-refractivity contribution in [2.75, 3.05) is 56.0 Å². The van der Waals surface area contributed by atoms with Gasteiger partial charge in [0.25, 0.3) is 0 Å². The van der Waals surface area contributed by atoms with E-state index in [-0.39, 0.29) is 33.7 Å². The van der Waals surface area contributed by atoms with Crippen LogP contribution in [0.2, 0.25) is 0 Å². The lowest BCUT2D eigenvalue weighted by atomic mass is 10.0. The van der Waals surface area contributed by atoms with Crippen molar-refractivity contribution in [1.82, 2.24) is 20.0 Å². The summed E-state index contributed by atoms with van der Waals surface area (Å²) in [5.41, 5.74) is -3.56. The van der Waals surface area contributed by atoms with Crippen LogP contribution in [0.15, 0.2) is 29.2 Å². The number of anilines is 2. The molecule has 2 aliphatic rings. The minimum absolute atomic E-state index is 0.0633. The molecule has 1 N–H and O–H groups in total. The van der Waals surface area contributed by atoms with E-state index in [1.165, 1.54) is 12.1 Å². The molecule has 0 unspecified atom stereocenters. The second-order valence-electron chi connectivity index (χ2n) is 8.84. The maximum absolute atomic E-state index is 12.7. The van der Waals surface area contributed by atoms with Crippen molar-refractivity contribution in [2.24, 2.45) is 0 Å². The molecule has 0 radical (unpaired) electrons. The molecule has 1 aromatic carbocycles. The normalized spacial score (nSPS) is 18.3. The maximum Gasteiger partial charge on any atom is 0.446 e. The van der Waals surface area contributed by atoms with Crippen LogP contribution in [0.3, 0.4) is 0 Å². The molecule has 2 saturated heterocycles. The van der Waals surface area contributed by atoms with Crippen LogP contribution in [0.4, 0.5) is 37.2 Å². The summed E-state index contributed by atoms with van der Waals surface area (Å²) in [4.78, 5) is 18.6. The van der Waals surface area contributed by atoms with Crippen LogP contribution in [0.5, 0.6) is 0 Å². The summed E-state index contributed by atoms with van der Waals surface area (Å²) in [7, 11) is 0. The largest absolute Gasteiger partial charge is 0.446 e. The number of alkyl halides is 6. The molecule has 204 valence electrons. The van der Waals surface area contributed by atoms with Crippen LogP contribution >= 0.6 is 23.1 Å². The molecule has 0 saturated carbocycles. The molecule has 2 aliphatic heterocycles. The number of piperazine rings is 1. The highest BCUT2D eigenvalue weighted by molar-refractivity contribution is 8.00. The lowest BCUT2D eigenvalue weighted by Gasteiger charge is -2.35. The third-order valence-electron chi connectivity index (χ3n) is 6.25. The van der Waals surface area contributed by atoms with Gasteiger partial charge >= 0.3 is 11.7 Å². The number of carbonyl (C=O) groups is 1. The zero-order valence-corrected chi connectivity index (χ0v) is 21.3. The topological polar surface area (TPSA) is 64.6 Å². The number of piperidine rings is 1. The van der Waals surface area contributed by atoms with E-state index in [0.29, 0.717) is 63.6 Å². The summed E-state index contributed by atoms with van der Waals surface area (Å²) < 4.78 is 75.6. The average Bonchev–Trinajstić information content (AvgIpc) is 3.35. The first-order valence-electron chi connectivity index (χ1n) is 11.7. The Balaban J connectivity index is 1.14. The number of nitrogens with one attached hydrogen (secondary N) is 1. The minimum Gasteiger partial charge on any atom is -0.382 e. The fourth-order valence-electron chi connectivity index (χ4n) is 4.29. The summed E-state index contributed by atoms with van der Waals surface area (Å²) >= 11 is 0.394. The fraction of sp³-hybridized carbons (Fsp3) is 0.591. The van der Waals surface area contributed by atoms with Crippen LogP contribution in [-0.4, -0.2) is 83.3 Å². The van der Waals surface area contributed by atoms with Crippen molar-refractivity contribution in [3.05, 3.63) is 29.3 Å². The number of aromatic nitrogens is 2. The highest BCUT2D eigenvalue weighted by atomic mass is 32.2. The molecule has 7 nitrogen and oxygen atoms in total. The number of amides is 1. The molecule has 1 aromatic heterocycles. The van der Waals surface area contributed by atoms with E-state index in [9.17, 15) is 31.1 Å². The highest BCUT2D eigenvalue weighted by Gasteiger charge is 2.36. The van der Waals surface area contributed by atoms with Gasteiger partial charge in [0.05, 0.1) is 0 Å². The summed E-state index contributed by atoms with van der Waals surface area (Å²) in [6.07, 6.45) is -2.64. The summed E-state index contributed by atoms with van der Waals surface area (Å²) in [5, 5.41) is 9.53. The van der Waals surface area contributed by atoms with E-state index < -0.39 is 16.7 Å². The summed E-state index contributed by atoms with van der Waals surface area (Å²) in [6.45, 7) is 4.08. The number of nitrogens with zero attached hydrogens (tertiary/aromatic N) is 5. The number of thioether (sulfide) groups is 1. The Morgan fingerprint density at radius 1 is 0.973 bits per heavy atom. The zero-order valence-electron chi connectivity index (χ0n) is 19.7. The molecular weight excluding hydrogens is 542 g/mol. The Labute approximate surface area is 218 Å². The molecule has 2 aromatic rings. The molecule has 1 amide bonds. The Bertz CT molecular complexity index is 1030. The summed E-state index contributed by atoms with van der Waals surface area (Å²) in [6, 6.07) is 6.27. The molecule has 0 spiro atoms. The van der Waals surface area contributed by atoms with Gasteiger partial charge in [0, 0.05) is 68.9 Å². The van der Waals surface area contributed by atoms with E-state index in [2.05, 4.69) is 20.4 Å². The molecule has 15 heteroatoms. The third-order valence-corrected chi connectivity index (χ3v) is 8.02. The van der Waals surface area contributed by atoms with Gasteiger partial charge in [0.2, 0.25) is 16.0 Å². The van der Waals surface area contributed by atoms with E-state index in [0.717, 1.165) is 18.5 Å². The predicted octanol–water partition coefficient (Wildman–Crippen LogP) is 4.78. The van der Waals surface area contributed by atoms with Crippen molar-refractivity contribution in [3.63, 3.8) is 0 Å². The van der Waals surface area contributed by atoms with Crippen LogP contribution in [-0.2, 0) is 11.0 Å². The van der Waals surface area contributed by atoms with Crippen LogP contribution in [0.25, 0.3) is 0 Å². The Morgan fingerprint density at radius 2 is 1.62 bits per heavy atom. The van der Waals surface area contributed by atoms with E-state index in [1.807, 2.05) is 4.90 Å². The number of likely N-dealkylation sites (tertiary alicyclic amines) is 1. The van der Waals surface area contributed by atoms with Crippen LogP contribution in [0.1, 0.15) is 24.3 Å². The van der Waals surface area contributed by atoms with Gasteiger partial charge < -0.3 is 15.1 Å². The lowest BCUT2D eigenvalue weighted by molar-refractivity contribution is -0.138. The molecule has 3 heterocycles. The number of hydrogen-bond donors (Lipinski definition) is 1. The molecule has 0 bridgehead atoms. The van der Waals surface area contributed by atoms with Gasteiger partial charge in [-0.15, -0.1) is 10.2 Å². The molecule has 0 aliphatic carbocycles. The molecular formula is C22H26F6N6OS2. The van der Waals surface area contributed by atoms with Gasteiger partial charge in [-0.3, -0.25) is 9.69 Å². The molecule has 4 rings (SSSR count). The molecule has 2 fully saturated rings. The Morgan fingerprint density at radius 3 is 2.19 bits per heavy atom. The molecule has 37 heavy (non-hydrogen) atoms. The quantitative estimate of drug-likeness (QED) is 0.381. The highest BCUT2D eigenvalue weighted by Crippen LogP contribution is 2.37. The first kappa shape index (κ1) is 27.8. The zero-order chi connectivity index (χ0) is 26.6. The van der Waals surface area contributed by atoms with Gasteiger partial charge in [0.15, 0.2) is 0 Å². The van der Waals surface area contributed by atoms with Crippen LogP contribution in [0, 0.1) is 0 Å². The van der Waals surface area contributed by atoms with Gasteiger partial charge in [-0.25, -0.2) is 0 Å². The van der Waals surface area contributed by atoms with Gasteiger partial charge in [-0.2, -0.15) is 26.3 Å². The second-order valence-corrected chi connectivity index (χ2v) is 10.9. The Kier molecular flexibility index (Phi) is 8.74. The number of halogens is 6. The van der Waals surface area contributed by atoms with Crippen molar-refractivity contribution < 1.29 is 31.1 Å². The number of carbonyl (C=O) groups excluding carboxylic acids is 1. The number of benzene rings is 1. The van der Waals surface area contributed by atoms with Gasteiger partial charge in [-0.05, 0) is 48.9 Å². The van der Waals surface area contributed by atoms with Gasteiger partial charge in [0.1, 0.15) is 0 Å². The fourth-order valence-corrected chi connectivity index (χ4v) is 5.60. The maximum atomic E-state index is 12.7. The SMILES string of the molecule is O=C(CCN1CCN(c2nnc(C(F)(F)F)s2)CC1)N1CCC(Nc2ccc(SC(F)(F)F)cc2)CC1. The van der Waals surface area contributed by atoms with Crippen molar-refractivity contribution in [2.45, 2.75) is 41.9 Å². The third kappa shape index (κ3) is 8.11.